The molecular formula is C26H25Cl2F4N3O4. The number of aryl methyl sites for hydroxylation is 1. The first-order valence-electron chi connectivity index (χ1n) is 11.8. The van der Waals surface area contributed by atoms with E-state index in [-0.39, 0.29) is 37.3 Å². The van der Waals surface area contributed by atoms with Crippen LogP contribution in [0.1, 0.15) is 34.8 Å². The number of benzene rings is 2. The van der Waals surface area contributed by atoms with Crippen LogP contribution < -0.4 is 5.32 Å². The van der Waals surface area contributed by atoms with Crippen molar-refractivity contribution in [3.8, 4) is 0 Å². The Morgan fingerprint density at radius 2 is 1.85 bits per heavy atom. The summed E-state index contributed by atoms with van der Waals surface area (Å²) < 4.78 is 52.6. The van der Waals surface area contributed by atoms with Crippen LogP contribution in [0.4, 0.5) is 17.6 Å². The molecule has 210 valence electrons. The van der Waals surface area contributed by atoms with Crippen LogP contribution in [0.5, 0.6) is 0 Å². The summed E-state index contributed by atoms with van der Waals surface area (Å²) in [5.41, 5.74) is -1.03. The molecule has 3 amide bonds. The van der Waals surface area contributed by atoms with Crippen molar-refractivity contribution in [3.63, 3.8) is 0 Å². The minimum Gasteiger partial charge on any atom is -0.503 e. The number of hydrogen-bond donors (Lipinski definition) is 2. The fraction of sp³-hybridized carbons (Fsp3) is 0.346. The summed E-state index contributed by atoms with van der Waals surface area (Å²) in [6.45, 7) is 1.26. The molecule has 13 heteroatoms. The number of nitrogens with zero attached hydrogens (tertiary/aromatic N) is 2. The van der Waals surface area contributed by atoms with Crippen LogP contribution >= 0.6 is 23.2 Å². The first-order chi connectivity index (χ1) is 18.2. The number of halogens is 6. The molecule has 0 saturated carbocycles. The van der Waals surface area contributed by atoms with Gasteiger partial charge < -0.3 is 20.2 Å². The maximum atomic E-state index is 13.7. The predicted octanol–water partition coefficient (Wildman–Crippen LogP) is 5.02. The molecule has 1 unspecified atom stereocenters. The Bertz CT molecular complexity index is 1320. The summed E-state index contributed by atoms with van der Waals surface area (Å²) in [5.74, 6) is -4.29. The Morgan fingerprint density at radius 3 is 2.49 bits per heavy atom. The Kier molecular flexibility index (Phi) is 9.50. The summed E-state index contributed by atoms with van der Waals surface area (Å²) in [5, 5.41) is 13.8. The topological polar surface area (TPSA) is 89.9 Å². The maximum absolute atomic E-state index is 13.7. The summed E-state index contributed by atoms with van der Waals surface area (Å²) >= 11 is 11.9. The minimum absolute atomic E-state index is 0.129. The largest absolute Gasteiger partial charge is 0.503 e. The highest BCUT2D eigenvalue weighted by atomic mass is 35.5. The molecule has 2 aromatic carbocycles. The van der Waals surface area contributed by atoms with Crippen molar-refractivity contribution in [2.75, 3.05) is 26.7 Å². The number of aliphatic hydroxyl groups excluding tert-OH is 1. The molecular weight excluding hydrogens is 565 g/mol. The predicted molar refractivity (Wildman–Crippen MR) is 137 cm³/mol. The molecule has 1 aliphatic heterocycles. The van der Waals surface area contributed by atoms with E-state index < -0.39 is 46.6 Å². The molecule has 3 rings (SSSR count). The molecule has 0 radical (unpaired) electrons. The molecule has 2 N–H and O–H groups in total. The Labute approximate surface area is 232 Å². The van der Waals surface area contributed by atoms with Gasteiger partial charge in [0.2, 0.25) is 0 Å². The molecule has 0 aliphatic carbocycles. The monoisotopic (exact) mass is 589 g/mol. The number of aliphatic hydroxyl groups is 1. The molecule has 0 aromatic heterocycles. The van der Waals surface area contributed by atoms with Gasteiger partial charge in [-0.25, -0.2) is 4.39 Å². The van der Waals surface area contributed by atoms with E-state index in [0.29, 0.717) is 35.0 Å². The molecule has 0 fully saturated rings. The van der Waals surface area contributed by atoms with Crippen molar-refractivity contribution < 1.29 is 37.1 Å². The lowest BCUT2D eigenvalue weighted by atomic mass is 10.1. The van der Waals surface area contributed by atoms with Crippen molar-refractivity contribution in [1.82, 2.24) is 15.1 Å². The van der Waals surface area contributed by atoms with E-state index in [1.54, 1.807) is 19.1 Å². The van der Waals surface area contributed by atoms with Crippen molar-refractivity contribution in [2.45, 2.75) is 32.0 Å². The van der Waals surface area contributed by atoms with Crippen molar-refractivity contribution in [2.24, 2.45) is 0 Å². The lowest BCUT2D eigenvalue weighted by molar-refractivity contribution is -0.137. The smallest absolute Gasteiger partial charge is 0.416 e. The molecule has 0 saturated heterocycles. The number of alkyl halides is 3. The van der Waals surface area contributed by atoms with Gasteiger partial charge in [0.1, 0.15) is 5.82 Å². The van der Waals surface area contributed by atoms with Crippen LogP contribution in [-0.2, 0) is 22.2 Å². The SMILES string of the molecule is CC(CCc1ccc(Cl)c(Cl)c1)NC(=O)C1=C(O)C(=O)N(CCN(C)C(=O)c2cc(F)cc(C(F)(F)F)c2)C1. The molecule has 2 aromatic rings. The van der Waals surface area contributed by atoms with Gasteiger partial charge in [-0.15, -0.1) is 0 Å². The van der Waals surface area contributed by atoms with Gasteiger partial charge in [0.05, 0.1) is 27.7 Å². The molecule has 39 heavy (non-hydrogen) atoms. The third-order valence-electron chi connectivity index (χ3n) is 6.15. The summed E-state index contributed by atoms with van der Waals surface area (Å²) in [7, 11) is 1.28. The van der Waals surface area contributed by atoms with Gasteiger partial charge in [-0.1, -0.05) is 29.3 Å². The summed E-state index contributed by atoms with van der Waals surface area (Å²) in [6.07, 6.45) is -3.71. The Hall–Kier alpha value is -3.31. The van der Waals surface area contributed by atoms with Gasteiger partial charge in [0.25, 0.3) is 17.7 Å². The molecule has 1 aliphatic rings. The standard InChI is InChI=1S/C26H25Cl2F4N3O4/c1-14(3-4-15-5-6-20(27)21(28)9-15)33-23(37)19-13-35(25(39)22(19)36)8-7-34(2)24(38)16-10-17(26(30,31)32)12-18(29)11-16/h5-6,9-12,14,36H,3-4,7-8,13H2,1-2H3,(H,33,37). The third-order valence-corrected chi connectivity index (χ3v) is 6.89. The second-order valence-corrected chi connectivity index (χ2v) is 9.98. The third kappa shape index (κ3) is 7.63. The molecule has 0 bridgehead atoms. The Balaban J connectivity index is 1.54. The fourth-order valence-corrected chi connectivity index (χ4v) is 4.23. The zero-order valence-electron chi connectivity index (χ0n) is 20.9. The maximum Gasteiger partial charge on any atom is 0.416 e. The molecule has 1 atom stereocenters. The highest BCUT2D eigenvalue weighted by Gasteiger charge is 2.35. The first kappa shape index (κ1) is 30.2. The van der Waals surface area contributed by atoms with Gasteiger partial charge >= 0.3 is 6.18 Å². The Morgan fingerprint density at radius 1 is 1.15 bits per heavy atom. The van der Waals surface area contributed by atoms with Crippen LogP contribution in [0.3, 0.4) is 0 Å². The van der Waals surface area contributed by atoms with Crippen LogP contribution in [0.25, 0.3) is 0 Å². The van der Waals surface area contributed by atoms with E-state index in [9.17, 15) is 37.1 Å². The minimum atomic E-state index is -4.83. The lowest BCUT2D eigenvalue weighted by Gasteiger charge is -2.22. The second kappa shape index (κ2) is 12.3. The first-order valence-corrected chi connectivity index (χ1v) is 12.5. The highest BCUT2D eigenvalue weighted by molar-refractivity contribution is 6.42. The van der Waals surface area contributed by atoms with Crippen LogP contribution in [0.15, 0.2) is 47.7 Å². The summed E-state index contributed by atoms with van der Waals surface area (Å²) in [6, 6.07) is 6.42. The quantitative estimate of drug-likeness (QED) is 0.402. The van der Waals surface area contributed by atoms with E-state index in [4.69, 9.17) is 23.2 Å². The van der Waals surface area contributed by atoms with Gasteiger partial charge in [0, 0.05) is 31.7 Å². The average Bonchev–Trinajstić information content (AvgIpc) is 3.15. The number of nitrogens with one attached hydrogen (secondary N) is 1. The van der Waals surface area contributed by atoms with E-state index in [0.717, 1.165) is 15.4 Å². The number of carbonyl (C=O) groups excluding carboxylic acids is 3. The van der Waals surface area contributed by atoms with E-state index >= 15 is 0 Å². The number of rotatable bonds is 9. The number of likely N-dealkylation sites (N-methyl/N-ethyl adjacent to an activating group) is 1. The van der Waals surface area contributed by atoms with Gasteiger partial charge in [-0.2, -0.15) is 13.2 Å². The van der Waals surface area contributed by atoms with E-state index in [1.807, 2.05) is 6.07 Å². The summed E-state index contributed by atoms with van der Waals surface area (Å²) in [4.78, 5) is 39.9. The van der Waals surface area contributed by atoms with Crippen molar-refractivity contribution in [3.05, 3.63) is 80.3 Å². The fourth-order valence-electron chi connectivity index (χ4n) is 3.91. The van der Waals surface area contributed by atoms with Gasteiger partial charge in [-0.3, -0.25) is 14.4 Å². The van der Waals surface area contributed by atoms with Crippen LogP contribution in [0.2, 0.25) is 10.0 Å². The van der Waals surface area contributed by atoms with Crippen molar-refractivity contribution >= 4 is 40.9 Å². The number of hydrogen-bond acceptors (Lipinski definition) is 4. The number of amides is 3. The van der Waals surface area contributed by atoms with Gasteiger partial charge in [0.15, 0.2) is 5.76 Å². The lowest BCUT2D eigenvalue weighted by Crippen LogP contribution is -2.39. The number of carbonyl (C=O) groups is 3. The van der Waals surface area contributed by atoms with Crippen molar-refractivity contribution in [1.29, 1.82) is 0 Å². The molecule has 7 nitrogen and oxygen atoms in total. The van der Waals surface area contributed by atoms with Crippen LogP contribution in [-0.4, -0.2) is 65.4 Å². The molecule has 1 heterocycles. The van der Waals surface area contributed by atoms with Crippen LogP contribution in [0, 0.1) is 5.82 Å². The van der Waals surface area contributed by atoms with Gasteiger partial charge in [-0.05, 0) is 55.7 Å². The van der Waals surface area contributed by atoms with E-state index in [1.165, 1.54) is 7.05 Å². The average molecular weight is 590 g/mol. The zero-order chi connectivity index (χ0) is 29.1. The zero-order valence-corrected chi connectivity index (χ0v) is 22.4. The van der Waals surface area contributed by atoms with E-state index in [2.05, 4.69) is 5.32 Å². The normalized spacial score (nSPS) is 14.6. The second-order valence-electron chi connectivity index (χ2n) is 9.17. The molecule has 0 spiro atoms. The highest BCUT2D eigenvalue weighted by Crippen LogP contribution is 2.30.